The molecule has 1 N–H and O–H groups in total. The van der Waals surface area contributed by atoms with Crippen LogP contribution in [0.1, 0.15) is 31.4 Å². The number of amides is 2. The van der Waals surface area contributed by atoms with Crippen molar-refractivity contribution in [2.75, 3.05) is 24.5 Å². The summed E-state index contributed by atoms with van der Waals surface area (Å²) in [6.45, 7) is 5.56. The van der Waals surface area contributed by atoms with Crippen LogP contribution >= 0.6 is 11.6 Å². The van der Waals surface area contributed by atoms with Crippen molar-refractivity contribution in [2.24, 2.45) is 0 Å². The number of rotatable bonds is 12. The zero-order chi connectivity index (χ0) is 28.6. The van der Waals surface area contributed by atoms with E-state index in [0.717, 1.165) is 21.9 Å². The Kier molecular flexibility index (Phi) is 10.4. The minimum Gasteiger partial charge on any atom is -0.495 e. The van der Waals surface area contributed by atoms with Gasteiger partial charge in [-0.1, -0.05) is 61.0 Å². The second kappa shape index (κ2) is 13.5. The van der Waals surface area contributed by atoms with Gasteiger partial charge in [-0.05, 0) is 61.7 Å². The molecule has 0 spiro atoms. The third-order valence-corrected chi connectivity index (χ3v) is 8.44. The van der Waals surface area contributed by atoms with Crippen LogP contribution in [0.25, 0.3) is 0 Å². The summed E-state index contributed by atoms with van der Waals surface area (Å²) < 4.78 is 33.9. The normalized spacial score (nSPS) is 11.9. The second-order valence-electron chi connectivity index (χ2n) is 9.06. The standard InChI is InChI=1S/C29H34ClN3O5S/c1-5-17-31-29(35)22(3)32(19-23-12-10-9-11-21(23)2)28(34)20-33(24-15-16-27(38-4)26(30)18-24)39(36,37)25-13-7-6-8-14-25/h6-16,18,22H,5,17,19-20H2,1-4H3,(H,31,35)/t22-/m1/s1. The molecule has 10 heteroatoms. The summed E-state index contributed by atoms with van der Waals surface area (Å²) in [7, 11) is -2.72. The van der Waals surface area contributed by atoms with Gasteiger partial charge in [-0.2, -0.15) is 0 Å². The van der Waals surface area contributed by atoms with Crippen molar-refractivity contribution in [3.63, 3.8) is 0 Å². The molecule has 0 saturated carbocycles. The van der Waals surface area contributed by atoms with E-state index < -0.39 is 28.5 Å². The lowest BCUT2D eigenvalue weighted by atomic mass is 10.1. The zero-order valence-electron chi connectivity index (χ0n) is 22.6. The number of nitrogens with one attached hydrogen (secondary N) is 1. The molecule has 0 aliphatic rings. The van der Waals surface area contributed by atoms with Crippen molar-refractivity contribution in [1.82, 2.24) is 10.2 Å². The number of nitrogens with zero attached hydrogens (tertiary/aromatic N) is 2. The first-order valence-corrected chi connectivity index (χ1v) is 14.4. The highest BCUT2D eigenvalue weighted by molar-refractivity contribution is 7.92. The molecule has 8 nitrogen and oxygen atoms in total. The monoisotopic (exact) mass is 571 g/mol. The highest BCUT2D eigenvalue weighted by Crippen LogP contribution is 2.32. The van der Waals surface area contributed by atoms with Crippen LogP contribution in [0.2, 0.25) is 5.02 Å². The van der Waals surface area contributed by atoms with Crippen LogP contribution in [0.3, 0.4) is 0 Å². The minimum atomic E-state index is -4.17. The molecule has 0 fully saturated rings. The Morgan fingerprint density at radius 2 is 1.69 bits per heavy atom. The molecule has 1 atom stereocenters. The van der Waals surface area contributed by atoms with Gasteiger partial charge in [0.2, 0.25) is 11.8 Å². The average Bonchev–Trinajstić information content (AvgIpc) is 2.94. The molecular weight excluding hydrogens is 538 g/mol. The summed E-state index contributed by atoms with van der Waals surface area (Å²) >= 11 is 6.34. The number of hydrogen-bond acceptors (Lipinski definition) is 5. The first kappa shape index (κ1) is 30.0. The summed E-state index contributed by atoms with van der Waals surface area (Å²) in [4.78, 5) is 28.3. The Bertz CT molecular complexity index is 1400. The first-order chi connectivity index (χ1) is 18.6. The van der Waals surface area contributed by atoms with Gasteiger partial charge in [0.25, 0.3) is 10.0 Å². The van der Waals surface area contributed by atoms with Crippen LogP contribution in [-0.4, -0.2) is 51.4 Å². The smallest absolute Gasteiger partial charge is 0.264 e. The van der Waals surface area contributed by atoms with E-state index in [1.807, 2.05) is 38.1 Å². The highest BCUT2D eigenvalue weighted by Gasteiger charge is 2.32. The average molecular weight is 572 g/mol. The van der Waals surface area contributed by atoms with Crippen molar-refractivity contribution in [2.45, 2.75) is 44.7 Å². The SMILES string of the molecule is CCCNC(=O)[C@@H](C)N(Cc1ccccc1C)C(=O)CN(c1ccc(OC)c(Cl)c1)S(=O)(=O)c1ccccc1. The second-order valence-corrected chi connectivity index (χ2v) is 11.3. The van der Waals surface area contributed by atoms with E-state index in [-0.39, 0.29) is 28.1 Å². The van der Waals surface area contributed by atoms with Crippen LogP contribution in [0, 0.1) is 6.92 Å². The molecule has 0 bridgehead atoms. The topological polar surface area (TPSA) is 96.0 Å². The molecule has 0 aromatic heterocycles. The first-order valence-electron chi connectivity index (χ1n) is 12.6. The molecule has 0 unspecified atom stereocenters. The van der Waals surface area contributed by atoms with Gasteiger partial charge in [0, 0.05) is 13.1 Å². The molecule has 3 aromatic rings. The van der Waals surface area contributed by atoms with Gasteiger partial charge in [-0.15, -0.1) is 0 Å². The Morgan fingerprint density at radius 3 is 2.31 bits per heavy atom. The fraction of sp³-hybridized carbons (Fsp3) is 0.310. The van der Waals surface area contributed by atoms with E-state index in [1.54, 1.807) is 31.2 Å². The number of carbonyl (C=O) groups excluding carboxylic acids is 2. The van der Waals surface area contributed by atoms with Crippen molar-refractivity contribution in [1.29, 1.82) is 0 Å². The molecule has 0 heterocycles. The van der Waals surface area contributed by atoms with Crippen LogP contribution in [-0.2, 0) is 26.2 Å². The number of methoxy groups -OCH3 is 1. The predicted molar refractivity (Wildman–Crippen MR) is 153 cm³/mol. The molecule has 0 saturated heterocycles. The quantitative estimate of drug-likeness (QED) is 0.337. The Labute approximate surface area is 235 Å². The van der Waals surface area contributed by atoms with Crippen LogP contribution in [0.4, 0.5) is 5.69 Å². The Hall–Kier alpha value is -3.56. The number of benzene rings is 3. The van der Waals surface area contributed by atoms with Gasteiger partial charge >= 0.3 is 0 Å². The van der Waals surface area contributed by atoms with Gasteiger partial charge in [0.1, 0.15) is 18.3 Å². The van der Waals surface area contributed by atoms with Gasteiger partial charge in [0.15, 0.2) is 0 Å². The Balaban J connectivity index is 2.05. The van der Waals surface area contributed by atoms with Crippen LogP contribution < -0.4 is 14.4 Å². The maximum absolute atomic E-state index is 13.9. The number of ether oxygens (including phenoxy) is 1. The predicted octanol–water partition coefficient (Wildman–Crippen LogP) is 4.80. The van der Waals surface area contributed by atoms with E-state index in [0.29, 0.717) is 12.3 Å². The van der Waals surface area contributed by atoms with E-state index >= 15 is 0 Å². The molecule has 3 aromatic carbocycles. The zero-order valence-corrected chi connectivity index (χ0v) is 24.1. The fourth-order valence-corrected chi connectivity index (χ4v) is 5.69. The molecule has 39 heavy (non-hydrogen) atoms. The lowest BCUT2D eigenvalue weighted by Gasteiger charge is -2.32. The lowest BCUT2D eigenvalue weighted by Crippen LogP contribution is -2.51. The van der Waals surface area contributed by atoms with Crippen molar-refractivity contribution >= 4 is 39.1 Å². The molecular formula is C29H34ClN3O5S. The number of anilines is 1. The summed E-state index contributed by atoms with van der Waals surface area (Å²) in [5, 5.41) is 3.03. The molecule has 208 valence electrons. The minimum absolute atomic E-state index is 0.0175. The molecule has 0 aliphatic carbocycles. The summed E-state index contributed by atoms with van der Waals surface area (Å²) in [5.74, 6) is -0.487. The van der Waals surface area contributed by atoms with E-state index in [4.69, 9.17) is 16.3 Å². The van der Waals surface area contributed by atoms with Crippen LogP contribution in [0.15, 0.2) is 77.7 Å². The van der Waals surface area contributed by atoms with Crippen molar-refractivity contribution in [3.8, 4) is 5.75 Å². The molecule has 3 rings (SSSR count). The summed E-state index contributed by atoms with van der Waals surface area (Å²) in [6, 6.07) is 19.1. The molecule has 0 radical (unpaired) electrons. The van der Waals surface area contributed by atoms with Gasteiger partial charge < -0.3 is 15.0 Å². The number of halogens is 1. The molecule has 0 aliphatic heterocycles. The largest absolute Gasteiger partial charge is 0.495 e. The van der Waals surface area contributed by atoms with Crippen molar-refractivity contribution in [3.05, 3.63) is 88.9 Å². The van der Waals surface area contributed by atoms with Crippen LogP contribution in [0.5, 0.6) is 5.75 Å². The maximum atomic E-state index is 13.9. The maximum Gasteiger partial charge on any atom is 0.264 e. The molecule has 2 amide bonds. The number of carbonyl (C=O) groups is 2. The van der Waals surface area contributed by atoms with Crippen molar-refractivity contribution < 1.29 is 22.7 Å². The number of hydrogen-bond donors (Lipinski definition) is 1. The fourth-order valence-electron chi connectivity index (χ4n) is 4.01. The third-order valence-electron chi connectivity index (χ3n) is 6.35. The highest BCUT2D eigenvalue weighted by atomic mass is 35.5. The number of aryl methyl sites for hydroxylation is 1. The van der Waals surface area contributed by atoms with E-state index in [1.165, 1.54) is 36.3 Å². The third kappa shape index (κ3) is 7.30. The Morgan fingerprint density at radius 1 is 1.03 bits per heavy atom. The van der Waals surface area contributed by atoms with E-state index in [2.05, 4.69) is 5.32 Å². The summed E-state index contributed by atoms with van der Waals surface area (Å²) in [5.41, 5.74) is 2.00. The van der Waals surface area contributed by atoms with Gasteiger partial charge in [0.05, 0.1) is 22.7 Å². The van der Waals surface area contributed by atoms with E-state index in [9.17, 15) is 18.0 Å². The van der Waals surface area contributed by atoms with Gasteiger partial charge in [-0.3, -0.25) is 13.9 Å². The number of sulfonamides is 1. The lowest BCUT2D eigenvalue weighted by molar-refractivity contribution is -0.139. The van der Waals surface area contributed by atoms with Gasteiger partial charge in [-0.25, -0.2) is 8.42 Å². The summed E-state index contributed by atoms with van der Waals surface area (Å²) in [6.07, 6.45) is 0.742.